The van der Waals surface area contributed by atoms with Crippen LogP contribution in [0.5, 0.6) is 5.75 Å². The van der Waals surface area contributed by atoms with Gasteiger partial charge in [-0.05, 0) is 55.0 Å². The Kier molecular flexibility index (Phi) is 11.3. The van der Waals surface area contributed by atoms with Gasteiger partial charge in [0.15, 0.2) is 0 Å². The summed E-state index contributed by atoms with van der Waals surface area (Å²) in [5.41, 5.74) is 3.72. The topological polar surface area (TPSA) is 120 Å². The fourth-order valence-electron chi connectivity index (χ4n) is 4.26. The molecule has 2 unspecified atom stereocenters. The summed E-state index contributed by atoms with van der Waals surface area (Å²) in [5, 5.41) is 9.81. The third-order valence-electron chi connectivity index (χ3n) is 6.27. The molecule has 2 amide bonds. The van der Waals surface area contributed by atoms with Crippen molar-refractivity contribution in [2.45, 2.75) is 72.6 Å². The van der Waals surface area contributed by atoms with Crippen molar-refractivity contribution in [2.75, 3.05) is 6.61 Å². The molecule has 0 aliphatic carbocycles. The molecule has 1 heterocycles. The van der Waals surface area contributed by atoms with Crippen LogP contribution in [0.15, 0.2) is 59.1 Å². The number of nitrogens with zero attached hydrogens (tertiary/aromatic N) is 1. The van der Waals surface area contributed by atoms with Crippen molar-refractivity contribution >= 4 is 17.8 Å². The van der Waals surface area contributed by atoms with E-state index in [9.17, 15) is 14.4 Å². The molecule has 0 aliphatic heterocycles. The molecule has 2 atom stereocenters. The number of benzene rings is 2. The van der Waals surface area contributed by atoms with Gasteiger partial charge in [-0.2, -0.15) is 0 Å². The highest BCUT2D eigenvalue weighted by Gasteiger charge is 2.25. The Morgan fingerprint density at radius 3 is 2.40 bits per heavy atom. The van der Waals surface area contributed by atoms with Gasteiger partial charge in [0.1, 0.15) is 29.9 Å². The van der Waals surface area contributed by atoms with Crippen LogP contribution in [0.4, 0.5) is 0 Å². The van der Waals surface area contributed by atoms with Crippen molar-refractivity contribution in [3.8, 4) is 5.75 Å². The molecule has 0 saturated carbocycles. The van der Waals surface area contributed by atoms with E-state index in [2.05, 4.69) is 42.6 Å². The number of carbonyl (C=O) groups excluding carboxylic acids is 3. The lowest BCUT2D eigenvalue weighted by Crippen LogP contribution is -2.42. The smallest absolute Gasteiger partial charge is 0.329 e. The average Bonchev–Trinajstić information content (AvgIpc) is 3.36. The van der Waals surface area contributed by atoms with Crippen LogP contribution in [-0.4, -0.2) is 35.6 Å². The molecule has 0 saturated heterocycles. The van der Waals surface area contributed by atoms with E-state index in [1.165, 1.54) is 12.5 Å². The number of carbonyl (C=O) groups is 3. The molecule has 214 valence electrons. The number of ether oxygens (including phenoxy) is 2. The van der Waals surface area contributed by atoms with Crippen LogP contribution in [-0.2, 0) is 38.6 Å². The van der Waals surface area contributed by atoms with Gasteiger partial charge in [-0.1, -0.05) is 55.4 Å². The molecule has 0 radical (unpaired) electrons. The van der Waals surface area contributed by atoms with Gasteiger partial charge in [0.2, 0.25) is 11.8 Å². The van der Waals surface area contributed by atoms with Crippen LogP contribution in [0.25, 0.3) is 0 Å². The predicted octanol–water partition coefficient (Wildman–Crippen LogP) is 4.62. The van der Waals surface area contributed by atoms with Crippen molar-refractivity contribution in [1.82, 2.24) is 15.8 Å². The van der Waals surface area contributed by atoms with Crippen LogP contribution in [0.1, 0.15) is 68.3 Å². The zero-order valence-corrected chi connectivity index (χ0v) is 23.9. The summed E-state index contributed by atoms with van der Waals surface area (Å²) in [7, 11) is 0. The zero-order valence-electron chi connectivity index (χ0n) is 23.9. The van der Waals surface area contributed by atoms with Gasteiger partial charge in [0.05, 0.1) is 19.1 Å². The lowest BCUT2D eigenvalue weighted by atomic mass is 10.00. The number of esters is 1. The van der Waals surface area contributed by atoms with Crippen molar-refractivity contribution in [1.29, 1.82) is 0 Å². The predicted molar refractivity (Wildman–Crippen MR) is 150 cm³/mol. The second-order valence-electron chi connectivity index (χ2n) is 10.2. The first-order valence-electron chi connectivity index (χ1n) is 13.6. The minimum atomic E-state index is -0.889. The molecule has 0 aliphatic rings. The number of hydrogen-bond acceptors (Lipinski definition) is 7. The number of rotatable bonds is 14. The molecule has 9 nitrogen and oxygen atoms in total. The van der Waals surface area contributed by atoms with E-state index in [4.69, 9.17) is 14.0 Å². The van der Waals surface area contributed by atoms with E-state index in [-0.39, 0.29) is 43.2 Å². The number of amides is 2. The third-order valence-corrected chi connectivity index (χ3v) is 6.27. The second-order valence-corrected chi connectivity index (χ2v) is 10.2. The van der Waals surface area contributed by atoms with Crippen molar-refractivity contribution < 1.29 is 28.4 Å². The molecule has 0 fully saturated rings. The maximum absolute atomic E-state index is 13.0. The lowest BCUT2D eigenvalue weighted by Gasteiger charge is -2.18. The molecular formula is C31H39N3O6. The van der Waals surface area contributed by atoms with E-state index in [1.54, 1.807) is 13.0 Å². The standard InChI is InChI=1S/C31H39N3O6/c1-6-38-31(37)29(32-22(5)35)18-26-17-28(34-40-26)27(15-20(2)3)33-30(36)16-23-11-13-25(14-12-23)39-19-24-10-8-7-9-21(24)4/h7-14,17,20,27,29H,6,15-16,18-19H2,1-5H3,(H,32,35)(H,33,36). The molecule has 3 aromatic rings. The Balaban J connectivity index is 1.61. The Bertz CT molecular complexity index is 1270. The van der Waals surface area contributed by atoms with Gasteiger partial charge in [-0.15, -0.1) is 0 Å². The minimum Gasteiger partial charge on any atom is -0.489 e. The summed E-state index contributed by atoms with van der Waals surface area (Å²) in [4.78, 5) is 36.8. The van der Waals surface area contributed by atoms with E-state index in [1.807, 2.05) is 42.5 Å². The van der Waals surface area contributed by atoms with Crippen LogP contribution in [0, 0.1) is 12.8 Å². The highest BCUT2D eigenvalue weighted by atomic mass is 16.5. The largest absolute Gasteiger partial charge is 0.489 e. The fraction of sp³-hybridized carbons (Fsp3) is 0.419. The Morgan fingerprint density at radius 1 is 1.02 bits per heavy atom. The molecular weight excluding hydrogens is 510 g/mol. The van der Waals surface area contributed by atoms with Gasteiger partial charge in [-0.25, -0.2) is 4.79 Å². The van der Waals surface area contributed by atoms with Crippen molar-refractivity contribution in [3.63, 3.8) is 0 Å². The molecule has 3 rings (SSSR count). The number of nitrogens with one attached hydrogen (secondary N) is 2. The fourth-order valence-corrected chi connectivity index (χ4v) is 4.26. The zero-order chi connectivity index (χ0) is 29.1. The third kappa shape index (κ3) is 9.55. The number of aryl methyl sites for hydroxylation is 1. The minimum absolute atomic E-state index is 0.0893. The second kappa shape index (κ2) is 14.9. The molecule has 0 bridgehead atoms. The Labute approximate surface area is 235 Å². The molecule has 2 aromatic carbocycles. The first-order valence-corrected chi connectivity index (χ1v) is 13.6. The highest BCUT2D eigenvalue weighted by molar-refractivity contribution is 5.83. The monoisotopic (exact) mass is 549 g/mol. The number of hydrogen-bond donors (Lipinski definition) is 2. The molecule has 0 spiro atoms. The van der Waals surface area contributed by atoms with Crippen LogP contribution in [0.3, 0.4) is 0 Å². The normalized spacial score (nSPS) is 12.4. The molecule has 40 heavy (non-hydrogen) atoms. The van der Waals surface area contributed by atoms with E-state index in [0.717, 1.165) is 16.9 Å². The Hall–Kier alpha value is -4.14. The first-order chi connectivity index (χ1) is 19.1. The SMILES string of the molecule is CCOC(=O)C(Cc1cc(C(CC(C)C)NC(=O)Cc2ccc(OCc3ccccc3C)cc2)no1)NC(C)=O. The summed E-state index contributed by atoms with van der Waals surface area (Å²) in [6, 6.07) is 16.0. The maximum Gasteiger partial charge on any atom is 0.329 e. The molecule has 9 heteroatoms. The van der Waals surface area contributed by atoms with Gasteiger partial charge in [0.25, 0.3) is 0 Å². The van der Waals surface area contributed by atoms with E-state index in [0.29, 0.717) is 24.5 Å². The summed E-state index contributed by atoms with van der Waals surface area (Å²) in [6.07, 6.45) is 0.938. The van der Waals surface area contributed by atoms with Crippen molar-refractivity contribution in [3.05, 3.63) is 82.7 Å². The highest BCUT2D eigenvalue weighted by Crippen LogP contribution is 2.23. The summed E-state index contributed by atoms with van der Waals surface area (Å²) in [5.74, 6) is 0.378. The van der Waals surface area contributed by atoms with E-state index < -0.39 is 12.0 Å². The average molecular weight is 550 g/mol. The van der Waals surface area contributed by atoms with Gasteiger partial charge >= 0.3 is 5.97 Å². The van der Waals surface area contributed by atoms with Crippen LogP contribution < -0.4 is 15.4 Å². The van der Waals surface area contributed by atoms with E-state index >= 15 is 0 Å². The quantitative estimate of drug-likeness (QED) is 0.282. The lowest BCUT2D eigenvalue weighted by molar-refractivity contribution is -0.147. The Morgan fingerprint density at radius 2 is 1.75 bits per heavy atom. The van der Waals surface area contributed by atoms with Gasteiger partial charge in [0, 0.05) is 19.4 Å². The van der Waals surface area contributed by atoms with Crippen LogP contribution >= 0.6 is 0 Å². The maximum atomic E-state index is 13.0. The van der Waals surface area contributed by atoms with Crippen molar-refractivity contribution in [2.24, 2.45) is 5.92 Å². The number of aromatic nitrogens is 1. The first kappa shape index (κ1) is 30.4. The summed E-state index contributed by atoms with van der Waals surface area (Å²) >= 11 is 0. The molecule has 1 aromatic heterocycles. The summed E-state index contributed by atoms with van der Waals surface area (Å²) < 4.78 is 16.4. The molecule has 2 N–H and O–H groups in total. The van der Waals surface area contributed by atoms with Gasteiger partial charge in [-0.3, -0.25) is 9.59 Å². The van der Waals surface area contributed by atoms with Gasteiger partial charge < -0.3 is 24.6 Å². The van der Waals surface area contributed by atoms with Crippen LogP contribution in [0.2, 0.25) is 0 Å². The summed E-state index contributed by atoms with van der Waals surface area (Å²) in [6.45, 7) is 9.88.